The Morgan fingerprint density at radius 1 is 0.960 bits per heavy atom. The summed E-state index contributed by atoms with van der Waals surface area (Å²) in [5.41, 5.74) is 0.144. The van der Waals surface area contributed by atoms with Crippen LogP contribution in [0.15, 0.2) is 22.9 Å². The van der Waals surface area contributed by atoms with Gasteiger partial charge in [0.25, 0.3) is 0 Å². The van der Waals surface area contributed by atoms with Crippen molar-refractivity contribution in [2.24, 2.45) is 34.5 Å². The quantitative estimate of drug-likeness (QED) is 0.626. The Morgan fingerprint density at radius 2 is 1.68 bits per heavy atom. The van der Waals surface area contributed by atoms with E-state index >= 15 is 0 Å². The summed E-state index contributed by atoms with van der Waals surface area (Å²) in [6.07, 6.45) is 7.42. The first-order valence-corrected chi connectivity index (χ1v) is 9.86. The molecule has 4 heteroatoms. The predicted octanol–water partition coefficient (Wildman–Crippen LogP) is 4.98. The van der Waals surface area contributed by atoms with E-state index in [2.05, 4.69) is 13.8 Å². The third kappa shape index (κ3) is 1.91. The van der Waals surface area contributed by atoms with Gasteiger partial charge < -0.3 is 15.3 Å². The summed E-state index contributed by atoms with van der Waals surface area (Å²) in [7, 11) is 0. The summed E-state index contributed by atoms with van der Waals surface area (Å²) in [5.74, 6) is 0.0651. The average Bonchev–Trinajstić information content (AvgIpc) is 2.94. The van der Waals surface area contributed by atoms with Crippen LogP contribution in [0.1, 0.15) is 65.7 Å². The molecule has 0 amide bonds. The second kappa shape index (κ2) is 5.28. The Bertz CT molecular complexity index is 690. The van der Waals surface area contributed by atoms with E-state index in [9.17, 15) is 20.1 Å². The molecule has 0 saturated heterocycles. The van der Waals surface area contributed by atoms with Crippen molar-refractivity contribution < 1.29 is 20.1 Å². The SMILES string of the molecule is CC[C@H]1CC[C@H]2[C@@H]3CCC4=C(O)C(O)=C(O)C(=O)[C@]4(C)[C@H]3CC[C@]12C. The highest BCUT2D eigenvalue weighted by Crippen LogP contribution is 2.67. The Hall–Kier alpha value is -1.45. The number of carbonyl (C=O) groups is 1. The van der Waals surface area contributed by atoms with Gasteiger partial charge in [0.15, 0.2) is 5.76 Å². The van der Waals surface area contributed by atoms with Crippen LogP contribution in [0.5, 0.6) is 0 Å². The number of allylic oxidation sites excluding steroid dienone is 2. The molecule has 0 bridgehead atoms. The minimum absolute atomic E-state index is 0.148. The van der Waals surface area contributed by atoms with Crippen LogP contribution in [0, 0.1) is 34.5 Å². The molecular weight excluding hydrogens is 316 g/mol. The minimum Gasteiger partial charge on any atom is -0.504 e. The van der Waals surface area contributed by atoms with Gasteiger partial charge in [-0.05, 0) is 80.1 Å². The molecule has 138 valence electrons. The molecule has 25 heavy (non-hydrogen) atoms. The van der Waals surface area contributed by atoms with Crippen LogP contribution in [0.4, 0.5) is 0 Å². The minimum atomic E-state index is -0.866. The van der Waals surface area contributed by atoms with Gasteiger partial charge in [-0.1, -0.05) is 20.3 Å². The number of aliphatic hydroxyl groups excluding tert-OH is 3. The number of ketones is 1. The molecule has 0 aromatic heterocycles. The Kier molecular flexibility index (Phi) is 3.59. The topological polar surface area (TPSA) is 77.8 Å². The highest BCUT2D eigenvalue weighted by Gasteiger charge is 2.62. The second-order valence-corrected chi connectivity index (χ2v) is 9.20. The van der Waals surface area contributed by atoms with Crippen LogP contribution in [0.25, 0.3) is 0 Å². The molecule has 0 aliphatic heterocycles. The fourth-order valence-electron chi connectivity index (χ4n) is 7.26. The van der Waals surface area contributed by atoms with Gasteiger partial charge in [-0.2, -0.15) is 0 Å². The maximum absolute atomic E-state index is 13.0. The van der Waals surface area contributed by atoms with Crippen molar-refractivity contribution in [3.05, 3.63) is 22.9 Å². The number of hydrogen-bond donors (Lipinski definition) is 3. The summed E-state index contributed by atoms with van der Waals surface area (Å²) in [4.78, 5) is 13.0. The maximum Gasteiger partial charge on any atom is 0.211 e. The first-order valence-electron chi connectivity index (χ1n) is 9.86. The van der Waals surface area contributed by atoms with Gasteiger partial charge in [0.05, 0.1) is 5.41 Å². The Labute approximate surface area is 149 Å². The molecule has 3 N–H and O–H groups in total. The van der Waals surface area contributed by atoms with Crippen molar-refractivity contribution in [1.29, 1.82) is 0 Å². The van der Waals surface area contributed by atoms with Crippen LogP contribution >= 0.6 is 0 Å². The van der Waals surface area contributed by atoms with E-state index in [1.54, 1.807) is 0 Å². The molecule has 3 fully saturated rings. The van der Waals surface area contributed by atoms with E-state index in [0.29, 0.717) is 29.2 Å². The third-order valence-electron chi connectivity index (χ3n) is 8.64. The molecule has 4 nitrogen and oxygen atoms in total. The number of fused-ring (bicyclic) bond motifs is 5. The highest BCUT2D eigenvalue weighted by molar-refractivity contribution is 6.02. The molecule has 3 saturated carbocycles. The van der Waals surface area contributed by atoms with Gasteiger partial charge in [0, 0.05) is 0 Å². The zero-order valence-corrected chi connectivity index (χ0v) is 15.5. The molecule has 0 heterocycles. The molecule has 4 aliphatic rings. The van der Waals surface area contributed by atoms with Crippen molar-refractivity contribution in [3.63, 3.8) is 0 Å². The molecule has 0 radical (unpaired) electrons. The maximum atomic E-state index is 13.0. The molecule has 4 rings (SSSR count). The fraction of sp³-hybridized carbons (Fsp3) is 0.762. The van der Waals surface area contributed by atoms with E-state index in [4.69, 9.17) is 0 Å². The molecule has 0 aromatic rings. The lowest BCUT2D eigenvalue weighted by molar-refractivity contribution is -0.136. The van der Waals surface area contributed by atoms with Crippen LogP contribution in [-0.4, -0.2) is 21.1 Å². The second-order valence-electron chi connectivity index (χ2n) is 9.20. The molecule has 4 aliphatic carbocycles. The highest BCUT2D eigenvalue weighted by atomic mass is 16.3. The lowest BCUT2D eigenvalue weighted by atomic mass is 9.46. The normalized spacial score (nSPS) is 46.8. The molecular formula is C21H30O4. The standard InChI is InChI=1S/C21H30O4/c1-4-11-5-7-13-12-6-8-15-16(22)17(23)18(24)19(25)21(15,3)14(12)9-10-20(11,13)2/h11-14,22-24H,4-10H2,1-3H3/t11-,12-,13-,14-,20+,21+/m0/s1. The van der Waals surface area contributed by atoms with Gasteiger partial charge in [-0.25, -0.2) is 0 Å². The van der Waals surface area contributed by atoms with Crippen LogP contribution < -0.4 is 0 Å². The first kappa shape index (κ1) is 17.0. The average molecular weight is 346 g/mol. The van der Waals surface area contributed by atoms with Crippen molar-refractivity contribution in [2.45, 2.75) is 65.7 Å². The summed E-state index contributed by atoms with van der Waals surface area (Å²) >= 11 is 0. The summed E-state index contributed by atoms with van der Waals surface area (Å²) in [6.45, 7) is 6.63. The summed E-state index contributed by atoms with van der Waals surface area (Å²) < 4.78 is 0. The molecule has 0 spiro atoms. The largest absolute Gasteiger partial charge is 0.504 e. The van der Waals surface area contributed by atoms with Crippen molar-refractivity contribution in [2.75, 3.05) is 0 Å². The molecule has 6 atom stereocenters. The monoisotopic (exact) mass is 346 g/mol. The Morgan fingerprint density at radius 3 is 2.36 bits per heavy atom. The first-order chi connectivity index (χ1) is 11.8. The predicted molar refractivity (Wildman–Crippen MR) is 95.1 cm³/mol. The zero-order chi connectivity index (χ0) is 18.1. The van der Waals surface area contributed by atoms with Gasteiger partial charge in [-0.3, -0.25) is 4.79 Å². The number of hydrogen-bond acceptors (Lipinski definition) is 4. The summed E-state index contributed by atoms with van der Waals surface area (Å²) in [6, 6.07) is 0. The lowest BCUT2D eigenvalue weighted by Crippen LogP contribution is -2.54. The van der Waals surface area contributed by atoms with Crippen molar-refractivity contribution in [3.8, 4) is 0 Å². The van der Waals surface area contributed by atoms with Gasteiger partial charge in [-0.15, -0.1) is 0 Å². The number of carbonyl (C=O) groups excluding carboxylic acids is 1. The van der Waals surface area contributed by atoms with E-state index in [0.717, 1.165) is 25.2 Å². The molecule has 0 unspecified atom stereocenters. The number of rotatable bonds is 1. The van der Waals surface area contributed by atoms with Crippen LogP contribution in [-0.2, 0) is 4.79 Å². The van der Waals surface area contributed by atoms with E-state index in [1.165, 1.54) is 19.3 Å². The van der Waals surface area contributed by atoms with Crippen LogP contribution in [0.3, 0.4) is 0 Å². The van der Waals surface area contributed by atoms with E-state index in [1.807, 2.05) is 6.92 Å². The van der Waals surface area contributed by atoms with Crippen molar-refractivity contribution in [1.82, 2.24) is 0 Å². The third-order valence-corrected chi connectivity index (χ3v) is 8.64. The van der Waals surface area contributed by atoms with Crippen molar-refractivity contribution >= 4 is 5.78 Å². The molecule has 0 aromatic carbocycles. The van der Waals surface area contributed by atoms with Gasteiger partial charge in [0.2, 0.25) is 17.3 Å². The van der Waals surface area contributed by atoms with E-state index < -0.39 is 22.7 Å². The number of Topliss-reactive ketones (excluding diaryl/α,β-unsaturated/α-hetero) is 1. The lowest BCUT2D eigenvalue weighted by Gasteiger charge is -2.57. The fourth-order valence-corrected chi connectivity index (χ4v) is 7.26. The van der Waals surface area contributed by atoms with Crippen LogP contribution in [0.2, 0.25) is 0 Å². The van der Waals surface area contributed by atoms with E-state index in [-0.39, 0.29) is 11.7 Å². The smallest absolute Gasteiger partial charge is 0.211 e. The van der Waals surface area contributed by atoms with Gasteiger partial charge >= 0.3 is 0 Å². The van der Waals surface area contributed by atoms with Gasteiger partial charge in [0.1, 0.15) is 0 Å². The number of aliphatic hydroxyl groups is 3. The Balaban J connectivity index is 1.76. The zero-order valence-electron chi connectivity index (χ0n) is 15.5. The summed E-state index contributed by atoms with van der Waals surface area (Å²) in [5, 5.41) is 30.4.